The number of rotatable bonds is 7. The summed E-state index contributed by atoms with van der Waals surface area (Å²) in [6.07, 6.45) is 2.34. The summed E-state index contributed by atoms with van der Waals surface area (Å²) in [5, 5.41) is 5.74. The fraction of sp³-hybridized carbons (Fsp3) is 0.263. The van der Waals surface area contributed by atoms with Crippen LogP contribution in [0.2, 0.25) is 0 Å². The summed E-state index contributed by atoms with van der Waals surface area (Å²) in [4.78, 5) is 35.9. The summed E-state index contributed by atoms with van der Waals surface area (Å²) < 4.78 is 5.35. The van der Waals surface area contributed by atoms with Crippen molar-refractivity contribution in [3.8, 4) is 17.0 Å². The van der Waals surface area contributed by atoms with Crippen molar-refractivity contribution in [1.29, 1.82) is 0 Å². The van der Waals surface area contributed by atoms with Crippen LogP contribution in [-0.4, -0.2) is 34.2 Å². The van der Waals surface area contributed by atoms with Gasteiger partial charge in [-0.05, 0) is 31.7 Å². The van der Waals surface area contributed by atoms with Crippen LogP contribution in [-0.2, 0) is 11.2 Å². The van der Waals surface area contributed by atoms with Gasteiger partial charge >= 0.3 is 0 Å². The van der Waals surface area contributed by atoms with Gasteiger partial charge in [-0.1, -0.05) is 23.9 Å². The Hall–Kier alpha value is -2.65. The van der Waals surface area contributed by atoms with Crippen molar-refractivity contribution < 1.29 is 9.53 Å². The lowest BCUT2D eigenvalue weighted by Crippen LogP contribution is -2.20. The van der Waals surface area contributed by atoms with Gasteiger partial charge < -0.3 is 15.0 Å². The summed E-state index contributed by atoms with van der Waals surface area (Å²) in [5.74, 6) is 0.523. The Kier molecular flexibility index (Phi) is 6.48. The molecule has 0 unspecified atom stereocenters. The van der Waals surface area contributed by atoms with Gasteiger partial charge in [0, 0.05) is 28.6 Å². The molecule has 9 heteroatoms. The van der Waals surface area contributed by atoms with Crippen LogP contribution < -0.4 is 15.6 Å². The normalized spacial score (nSPS) is 10.7. The standard InChI is InChI=1S/C19H20N4O3S2/c1-11-12(17(25)23-18(20-11)27-3)8-9-16(24)22-19-21-14(10-28-19)13-6-4-5-7-15(13)26-2/h4-7,10H,8-9H2,1-3H3,(H,20,23,25)(H,21,22,24). The number of methoxy groups -OCH3 is 1. The first-order valence-corrected chi connectivity index (χ1v) is 10.6. The van der Waals surface area contributed by atoms with Crippen LogP contribution in [0.5, 0.6) is 5.75 Å². The number of hydrogen-bond donors (Lipinski definition) is 2. The van der Waals surface area contributed by atoms with Gasteiger partial charge in [0.25, 0.3) is 5.56 Å². The van der Waals surface area contributed by atoms with Crippen LogP contribution in [0.4, 0.5) is 5.13 Å². The highest BCUT2D eigenvalue weighted by Gasteiger charge is 2.13. The third-order valence-corrected chi connectivity index (χ3v) is 5.47. The number of thioether (sulfide) groups is 1. The fourth-order valence-corrected chi connectivity index (χ4v) is 3.86. The molecule has 28 heavy (non-hydrogen) atoms. The number of aryl methyl sites for hydroxylation is 1. The van der Waals surface area contributed by atoms with Gasteiger partial charge in [0.1, 0.15) is 5.75 Å². The number of thiazole rings is 1. The van der Waals surface area contributed by atoms with Gasteiger partial charge in [-0.15, -0.1) is 11.3 Å². The molecule has 0 spiro atoms. The molecule has 0 aliphatic carbocycles. The predicted octanol–water partition coefficient (Wildman–Crippen LogP) is 3.50. The maximum Gasteiger partial charge on any atom is 0.254 e. The molecule has 7 nitrogen and oxygen atoms in total. The molecule has 2 heterocycles. The molecule has 0 aliphatic rings. The Morgan fingerprint density at radius 3 is 2.82 bits per heavy atom. The van der Waals surface area contributed by atoms with E-state index in [1.807, 2.05) is 35.9 Å². The molecule has 1 aromatic carbocycles. The number of para-hydroxylation sites is 1. The van der Waals surface area contributed by atoms with Crippen molar-refractivity contribution in [1.82, 2.24) is 15.0 Å². The smallest absolute Gasteiger partial charge is 0.254 e. The van der Waals surface area contributed by atoms with Crippen molar-refractivity contribution >= 4 is 34.1 Å². The molecular weight excluding hydrogens is 396 g/mol. The largest absolute Gasteiger partial charge is 0.496 e. The van der Waals surface area contributed by atoms with E-state index in [4.69, 9.17) is 4.74 Å². The van der Waals surface area contributed by atoms with Crippen molar-refractivity contribution in [2.75, 3.05) is 18.7 Å². The molecule has 0 aliphatic heterocycles. The van der Waals surface area contributed by atoms with Crippen molar-refractivity contribution in [2.24, 2.45) is 0 Å². The molecule has 1 amide bonds. The first-order valence-electron chi connectivity index (χ1n) is 8.54. The third-order valence-electron chi connectivity index (χ3n) is 4.13. The first kappa shape index (κ1) is 20.1. The Morgan fingerprint density at radius 2 is 2.11 bits per heavy atom. The number of aromatic nitrogens is 3. The number of nitrogens with one attached hydrogen (secondary N) is 2. The number of nitrogens with zero attached hydrogens (tertiary/aromatic N) is 2. The van der Waals surface area contributed by atoms with Gasteiger partial charge in [0.05, 0.1) is 12.8 Å². The highest BCUT2D eigenvalue weighted by molar-refractivity contribution is 7.98. The zero-order valence-electron chi connectivity index (χ0n) is 15.7. The average molecular weight is 417 g/mol. The highest BCUT2D eigenvalue weighted by atomic mass is 32.2. The minimum absolute atomic E-state index is 0.174. The van der Waals surface area contributed by atoms with E-state index in [9.17, 15) is 9.59 Å². The molecule has 2 aromatic heterocycles. The van der Waals surface area contributed by atoms with E-state index in [1.54, 1.807) is 14.0 Å². The first-order chi connectivity index (χ1) is 13.5. The highest BCUT2D eigenvalue weighted by Crippen LogP contribution is 2.31. The van der Waals surface area contributed by atoms with Crippen molar-refractivity contribution in [2.45, 2.75) is 24.9 Å². The zero-order chi connectivity index (χ0) is 20.1. The summed E-state index contributed by atoms with van der Waals surface area (Å²) in [7, 11) is 1.61. The average Bonchev–Trinajstić information content (AvgIpc) is 3.15. The third kappa shape index (κ3) is 4.60. The molecule has 0 saturated carbocycles. The van der Waals surface area contributed by atoms with E-state index >= 15 is 0 Å². The quantitative estimate of drug-likeness (QED) is 0.452. The van der Waals surface area contributed by atoms with E-state index in [-0.39, 0.29) is 17.9 Å². The van der Waals surface area contributed by atoms with Crippen LogP contribution >= 0.6 is 23.1 Å². The monoisotopic (exact) mass is 416 g/mol. The minimum Gasteiger partial charge on any atom is -0.496 e. The van der Waals surface area contributed by atoms with Gasteiger partial charge in [-0.3, -0.25) is 9.59 Å². The Morgan fingerprint density at radius 1 is 1.32 bits per heavy atom. The fourth-order valence-electron chi connectivity index (χ4n) is 2.71. The molecule has 3 rings (SSSR count). The molecule has 2 N–H and O–H groups in total. The van der Waals surface area contributed by atoms with E-state index in [0.29, 0.717) is 28.0 Å². The van der Waals surface area contributed by atoms with Crippen LogP contribution in [0.15, 0.2) is 39.6 Å². The number of H-pyrrole nitrogens is 1. The molecule has 0 radical (unpaired) electrons. The number of carbonyl (C=O) groups excluding carboxylic acids is 1. The molecular formula is C19H20N4O3S2. The van der Waals surface area contributed by atoms with Crippen LogP contribution in [0.25, 0.3) is 11.3 Å². The molecule has 3 aromatic rings. The Balaban J connectivity index is 1.65. The second-order valence-corrected chi connectivity index (χ2v) is 7.58. The summed E-state index contributed by atoms with van der Waals surface area (Å²) in [6.45, 7) is 1.78. The van der Waals surface area contributed by atoms with Crippen LogP contribution in [0.1, 0.15) is 17.7 Å². The molecule has 0 bridgehead atoms. The maximum absolute atomic E-state index is 12.3. The van der Waals surface area contributed by atoms with E-state index in [0.717, 1.165) is 17.0 Å². The predicted molar refractivity (Wildman–Crippen MR) is 112 cm³/mol. The van der Waals surface area contributed by atoms with Gasteiger partial charge in [-0.25, -0.2) is 9.97 Å². The number of benzene rings is 1. The topological polar surface area (TPSA) is 97.0 Å². The molecule has 0 fully saturated rings. The molecule has 146 valence electrons. The number of carbonyl (C=O) groups is 1. The van der Waals surface area contributed by atoms with Crippen molar-refractivity contribution in [3.63, 3.8) is 0 Å². The lowest BCUT2D eigenvalue weighted by molar-refractivity contribution is -0.116. The molecule has 0 atom stereocenters. The van der Waals surface area contributed by atoms with E-state index in [1.165, 1.54) is 23.1 Å². The number of amides is 1. The van der Waals surface area contributed by atoms with Gasteiger partial charge in [0.2, 0.25) is 5.91 Å². The number of anilines is 1. The Labute approximate surface area is 170 Å². The summed E-state index contributed by atoms with van der Waals surface area (Å²) in [5.41, 5.74) is 2.58. The number of ether oxygens (including phenoxy) is 1. The van der Waals surface area contributed by atoms with Gasteiger partial charge in [0.15, 0.2) is 10.3 Å². The lowest BCUT2D eigenvalue weighted by atomic mass is 10.1. The maximum atomic E-state index is 12.3. The number of aromatic amines is 1. The zero-order valence-corrected chi connectivity index (χ0v) is 17.4. The van der Waals surface area contributed by atoms with Crippen molar-refractivity contribution in [3.05, 3.63) is 51.3 Å². The second-order valence-electron chi connectivity index (χ2n) is 5.93. The minimum atomic E-state index is -0.200. The van der Waals surface area contributed by atoms with E-state index < -0.39 is 0 Å². The summed E-state index contributed by atoms with van der Waals surface area (Å²) in [6, 6.07) is 7.58. The SMILES string of the molecule is COc1ccccc1-c1csc(NC(=O)CCc2c(C)nc(SC)[nH]c2=O)n1. The van der Waals surface area contributed by atoms with Crippen LogP contribution in [0.3, 0.4) is 0 Å². The van der Waals surface area contributed by atoms with Gasteiger partial charge in [-0.2, -0.15) is 0 Å². The Bertz CT molecular complexity index is 1050. The second kappa shape index (κ2) is 9.03. The number of hydrogen-bond acceptors (Lipinski definition) is 7. The van der Waals surface area contributed by atoms with Crippen LogP contribution in [0, 0.1) is 6.92 Å². The summed E-state index contributed by atoms with van der Waals surface area (Å²) >= 11 is 2.72. The van der Waals surface area contributed by atoms with E-state index in [2.05, 4.69) is 20.3 Å². The lowest BCUT2D eigenvalue weighted by Gasteiger charge is -2.06. The molecule has 0 saturated heterocycles.